The van der Waals surface area contributed by atoms with Gasteiger partial charge in [-0.05, 0) is 43.0 Å². The topological polar surface area (TPSA) is 29.5 Å². The number of likely N-dealkylation sites (tertiary alicyclic amines) is 1. The van der Waals surface area contributed by atoms with E-state index in [1.165, 1.54) is 18.4 Å². The minimum absolute atomic E-state index is 0.0245. The van der Waals surface area contributed by atoms with Gasteiger partial charge in [-0.3, -0.25) is 4.79 Å². The lowest BCUT2D eigenvalue weighted by atomic mass is 9.68. The molecule has 27 heavy (non-hydrogen) atoms. The second-order valence-corrected chi connectivity index (χ2v) is 8.48. The third kappa shape index (κ3) is 3.45. The molecular weight excluding hydrogens is 358 g/mol. The Bertz CT molecular complexity index is 809. The summed E-state index contributed by atoms with van der Waals surface area (Å²) in [5.74, 6) is 1.06. The molecule has 4 rings (SSSR count). The van der Waals surface area contributed by atoms with Crippen molar-refractivity contribution in [3.63, 3.8) is 0 Å². The Labute approximate surface area is 166 Å². The molecule has 4 heteroatoms. The Kier molecular flexibility index (Phi) is 5.14. The number of hydrogen-bond donors (Lipinski definition) is 0. The van der Waals surface area contributed by atoms with E-state index in [4.69, 9.17) is 16.3 Å². The zero-order valence-electron chi connectivity index (χ0n) is 15.7. The molecule has 1 heterocycles. The highest BCUT2D eigenvalue weighted by molar-refractivity contribution is 6.24. The van der Waals surface area contributed by atoms with Crippen LogP contribution >= 0.6 is 11.6 Å². The van der Waals surface area contributed by atoms with Gasteiger partial charge < -0.3 is 9.64 Å². The Hall–Kier alpha value is -2.00. The summed E-state index contributed by atoms with van der Waals surface area (Å²) in [6.07, 6.45) is 5.35. The molecule has 1 amide bonds. The first-order valence-corrected chi connectivity index (χ1v) is 10.2. The fraction of sp³-hybridized carbons (Fsp3) is 0.435. The van der Waals surface area contributed by atoms with Crippen LogP contribution in [0.25, 0.3) is 0 Å². The third-order valence-electron chi connectivity index (χ3n) is 6.23. The van der Waals surface area contributed by atoms with Gasteiger partial charge in [-0.2, -0.15) is 0 Å². The van der Waals surface area contributed by atoms with Crippen molar-refractivity contribution in [2.24, 2.45) is 5.92 Å². The highest BCUT2D eigenvalue weighted by Gasteiger charge is 2.50. The number of carbonyl (C=O) groups excluding carboxylic acids is 1. The SMILES string of the molecule is COc1cccc(C(=O)N2CC[C@]3(Cl)CCCC[C@@H]3[C@H]2c2ccccc2)c1. The summed E-state index contributed by atoms with van der Waals surface area (Å²) in [6, 6.07) is 17.9. The van der Waals surface area contributed by atoms with Crippen molar-refractivity contribution in [3.8, 4) is 5.75 Å². The summed E-state index contributed by atoms with van der Waals surface area (Å²) in [6.45, 7) is 0.690. The fourth-order valence-electron chi connectivity index (χ4n) is 4.85. The lowest BCUT2D eigenvalue weighted by Crippen LogP contribution is -2.53. The first-order valence-electron chi connectivity index (χ1n) is 9.81. The number of hydrogen-bond acceptors (Lipinski definition) is 2. The molecular formula is C23H26ClNO2. The van der Waals surface area contributed by atoms with E-state index in [0.29, 0.717) is 23.8 Å². The van der Waals surface area contributed by atoms with E-state index in [9.17, 15) is 4.79 Å². The molecule has 3 nitrogen and oxygen atoms in total. The number of nitrogens with zero attached hydrogens (tertiary/aromatic N) is 1. The molecule has 142 valence electrons. The van der Waals surface area contributed by atoms with Crippen molar-refractivity contribution in [1.29, 1.82) is 0 Å². The number of piperidine rings is 1. The van der Waals surface area contributed by atoms with Crippen LogP contribution < -0.4 is 4.74 Å². The van der Waals surface area contributed by atoms with Crippen molar-refractivity contribution in [3.05, 3.63) is 65.7 Å². The molecule has 2 aromatic carbocycles. The van der Waals surface area contributed by atoms with Gasteiger partial charge in [0.05, 0.1) is 18.0 Å². The lowest BCUT2D eigenvalue weighted by molar-refractivity contribution is 0.0279. The molecule has 2 aromatic rings. The highest BCUT2D eigenvalue weighted by atomic mass is 35.5. The van der Waals surface area contributed by atoms with Gasteiger partial charge in [0.15, 0.2) is 0 Å². The molecule has 0 unspecified atom stereocenters. The maximum Gasteiger partial charge on any atom is 0.254 e. The van der Waals surface area contributed by atoms with E-state index in [0.717, 1.165) is 19.3 Å². The highest BCUT2D eigenvalue weighted by Crippen LogP contribution is 2.52. The van der Waals surface area contributed by atoms with Crippen LogP contribution in [-0.4, -0.2) is 29.3 Å². The molecule has 0 aromatic heterocycles. The van der Waals surface area contributed by atoms with Gasteiger partial charge in [-0.15, -0.1) is 11.6 Å². The first-order chi connectivity index (χ1) is 13.1. The number of fused-ring (bicyclic) bond motifs is 1. The Balaban J connectivity index is 1.73. The van der Waals surface area contributed by atoms with Crippen LogP contribution in [0, 0.1) is 5.92 Å². The number of halogens is 1. The average Bonchev–Trinajstić information content (AvgIpc) is 2.72. The maximum absolute atomic E-state index is 13.5. The van der Waals surface area contributed by atoms with Gasteiger partial charge >= 0.3 is 0 Å². The van der Waals surface area contributed by atoms with Gasteiger partial charge in [0.2, 0.25) is 0 Å². The normalized spacial score (nSPS) is 27.7. The monoisotopic (exact) mass is 383 g/mol. The molecule has 1 saturated heterocycles. The number of rotatable bonds is 3. The van der Waals surface area contributed by atoms with Crippen LogP contribution in [0.2, 0.25) is 0 Å². The van der Waals surface area contributed by atoms with E-state index in [-0.39, 0.29) is 16.8 Å². The number of alkyl halides is 1. The molecule has 0 spiro atoms. The minimum atomic E-state index is -0.191. The molecule has 1 aliphatic heterocycles. The van der Waals surface area contributed by atoms with Crippen LogP contribution in [0.3, 0.4) is 0 Å². The second kappa shape index (κ2) is 7.55. The van der Waals surface area contributed by atoms with E-state index in [2.05, 4.69) is 24.3 Å². The van der Waals surface area contributed by atoms with Crippen molar-refractivity contribution in [2.75, 3.05) is 13.7 Å². The minimum Gasteiger partial charge on any atom is -0.497 e. The van der Waals surface area contributed by atoms with Gasteiger partial charge in [0, 0.05) is 18.0 Å². The Morgan fingerprint density at radius 3 is 2.70 bits per heavy atom. The van der Waals surface area contributed by atoms with Crippen LogP contribution in [0.5, 0.6) is 5.75 Å². The number of methoxy groups -OCH3 is 1. The molecule has 0 radical (unpaired) electrons. The molecule has 0 N–H and O–H groups in total. The van der Waals surface area contributed by atoms with E-state index in [1.54, 1.807) is 7.11 Å². The van der Waals surface area contributed by atoms with Crippen LogP contribution in [0.1, 0.15) is 54.1 Å². The first kappa shape index (κ1) is 18.4. The summed E-state index contributed by atoms with van der Waals surface area (Å²) in [5, 5.41) is 0. The third-order valence-corrected chi connectivity index (χ3v) is 6.88. The molecule has 1 saturated carbocycles. The average molecular weight is 384 g/mol. The number of ether oxygens (including phenoxy) is 1. The molecule has 0 bridgehead atoms. The number of benzene rings is 2. The summed E-state index contributed by atoms with van der Waals surface area (Å²) in [7, 11) is 1.63. The molecule has 2 fully saturated rings. The van der Waals surface area contributed by atoms with Crippen LogP contribution in [0.4, 0.5) is 0 Å². The Morgan fingerprint density at radius 1 is 1.11 bits per heavy atom. The van der Waals surface area contributed by atoms with Gasteiger partial charge in [0.1, 0.15) is 5.75 Å². The van der Waals surface area contributed by atoms with Crippen molar-refractivity contribution in [1.82, 2.24) is 4.90 Å². The van der Waals surface area contributed by atoms with Gasteiger partial charge in [-0.25, -0.2) is 0 Å². The quantitative estimate of drug-likeness (QED) is 0.659. The zero-order chi connectivity index (χ0) is 18.9. The van der Waals surface area contributed by atoms with Crippen LogP contribution in [0.15, 0.2) is 54.6 Å². The molecule has 2 aliphatic rings. The smallest absolute Gasteiger partial charge is 0.254 e. The summed E-state index contributed by atoms with van der Waals surface area (Å²) in [4.78, 5) is 15.3. The zero-order valence-corrected chi connectivity index (χ0v) is 16.5. The second-order valence-electron chi connectivity index (χ2n) is 7.72. The van der Waals surface area contributed by atoms with E-state index >= 15 is 0 Å². The standard InChI is InChI=1S/C23H26ClNO2/c1-27-19-11-7-10-18(16-19)22(26)25-15-14-23(24)13-6-5-12-20(23)21(25)17-8-3-2-4-9-17/h2-4,7-11,16,20-21H,5-6,12-15H2,1H3/t20-,21-,23-/m1/s1. The predicted octanol–water partition coefficient (Wildman–Crippen LogP) is 5.45. The van der Waals surface area contributed by atoms with Crippen molar-refractivity contribution in [2.45, 2.75) is 43.0 Å². The largest absolute Gasteiger partial charge is 0.497 e. The maximum atomic E-state index is 13.5. The van der Waals surface area contributed by atoms with Gasteiger partial charge in [0.25, 0.3) is 5.91 Å². The van der Waals surface area contributed by atoms with E-state index in [1.807, 2.05) is 35.2 Å². The van der Waals surface area contributed by atoms with Crippen molar-refractivity contribution < 1.29 is 9.53 Å². The lowest BCUT2D eigenvalue weighted by Gasteiger charge is -2.52. The fourth-order valence-corrected chi connectivity index (χ4v) is 5.30. The molecule has 3 atom stereocenters. The van der Waals surface area contributed by atoms with Crippen molar-refractivity contribution >= 4 is 17.5 Å². The summed E-state index contributed by atoms with van der Waals surface area (Å²) in [5.41, 5.74) is 1.86. The number of amides is 1. The summed E-state index contributed by atoms with van der Waals surface area (Å²) >= 11 is 7.13. The predicted molar refractivity (Wildman–Crippen MR) is 108 cm³/mol. The Morgan fingerprint density at radius 2 is 1.93 bits per heavy atom. The molecule has 1 aliphatic carbocycles. The summed E-state index contributed by atoms with van der Waals surface area (Å²) < 4.78 is 5.31. The van der Waals surface area contributed by atoms with Gasteiger partial charge in [-0.1, -0.05) is 49.2 Å². The van der Waals surface area contributed by atoms with Crippen LogP contribution in [-0.2, 0) is 0 Å². The van der Waals surface area contributed by atoms with E-state index < -0.39 is 0 Å². The number of carbonyl (C=O) groups is 1.